The lowest BCUT2D eigenvalue weighted by molar-refractivity contribution is -0.181. The van der Waals surface area contributed by atoms with E-state index in [1.54, 1.807) is 0 Å². The number of carbonyl (C=O) groups is 6. The molecular weight excluding hydrogens is 780 g/mol. The smallest absolute Gasteiger partial charge is 0.335 e. The van der Waals surface area contributed by atoms with Crippen LogP contribution in [-0.2, 0) is 57.2 Å². The maximum Gasteiger partial charge on any atom is 0.335 e. The Labute approximate surface area is 353 Å². The number of ether oxygens (including phenoxy) is 6. The number of carboxylic acids is 2. The molecule has 0 aromatic carbocycles. The average Bonchev–Trinajstić information content (AvgIpc) is 3.19. The summed E-state index contributed by atoms with van der Waals surface area (Å²) in [7, 11) is 3.37. The van der Waals surface area contributed by atoms with Gasteiger partial charge in [-0.1, -0.05) is 64.8 Å². The molecule has 0 saturated heterocycles. The number of esters is 4. The van der Waals surface area contributed by atoms with E-state index in [9.17, 15) is 44.1 Å². The Balaban J connectivity index is 1.55. The number of carbonyl (C=O) groups excluding carboxylic acids is 4. The second kappa shape index (κ2) is 19.9. The lowest BCUT2D eigenvalue weighted by atomic mass is 9.47. The summed E-state index contributed by atoms with van der Waals surface area (Å²) < 4.78 is 33.2. The minimum atomic E-state index is -1.56. The van der Waals surface area contributed by atoms with E-state index in [4.69, 9.17) is 28.4 Å². The number of methoxy groups -OCH3 is 3. The van der Waals surface area contributed by atoms with Crippen LogP contribution in [0.1, 0.15) is 105 Å². The van der Waals surface area contributed by atoms with Crippen LogP contribution in [0.4, 0.5) is 0 Å². The van der Waals surface area contributed by atoms with Crippen LogP contribution in [0.15, 0.2) is 24.3 Å². The van der Waals surface area contributed by atoms with Crippen LogP contribution in [0.3, 0.4) is 0 Å². The van der Waals surface area contributed by atoms with Crippen molar-refractivity contribution in [3.63, 3.8) is 0 Å². The molecular formula is C45H68O15. The molecule has 0 aromatic rings. The van der Waals surface area contributed by atoms with Gasteiger partial charge in [-0.15, -0.1) is 0 Å². The first-order valence-electron chi connectivity index (χ1n) is 21.2. The first-order chi connectivity index (χ1) is 28.2. The van der Waals surface area contributed by atoms with E-state index in [1.807, 2.05) is 6.92 Å². The topological polar surface area (TPSA) is 218 Å². The van der Waals surface area contributed by atoms with Crippen molar-refractivity contribution in [3.05, 3.63) is 24.3 Å². The van der Waals surface area contributed by atoms with E-state index >= 15 is 0 Å². The van der Waals surface area contributed by atoms with Gasteiger partial charge >= 0.3 is 35.8 Å². The van der Waals surface area contributed by atoms with Crippen LogP contribution in [0.25, 0.3) is 0 Å². The number of hydrogen-bond donors (Lipinski definition) is 3. The van der Waals surface area contributed by atoms with Crippen molar-refractivity contribution in [1.82, 2.24) is 0 Å². The summed E-state index contributed by atoms with van der Waals surface area (Å²) >= 11 is 0. The summed E-state index contributed by atoms with van der Waals surface area (Å²) in [6.07, 6.45) is 3.09. The third-order valence-corrected chi connectivity index (χ3v) is 15.3. The number of fused-ring (bicyclic) bond motifs is 2. The summed E-state index contributed by atoms with van der Waals surface area (Å²) in [5.41, 5.74) is 0.124. The molecule has 0 bridgehead atoms. The van der Waals surface area contributed by atoms with Gasteiger partial charge < -0.3 is 43.7 Å². The quantitative estimate of drug-likeness (QED) is 0.0825. The molecule has 0 heterocycles. The SMILES string of the molecule is C=C1CCC2[C@](C)(COC(=O)[C@H](CC(=O)O)[C@@H](OC[C@H]3C(=C)CCC4[C@](C)(CO)CCC[C@@]43C)C(=O)OC)CCC[C@]2(C)[C@H]1CO[C@@H](C(=O)OC)[C@@H](CC(=O)O)C(=O)OC. The molecule has 4 saturated carbocycles. The zero-order valence-electron chi connectivity index (χ0n) is 36.6. The van der Waals surface area contributed by atoms with Gasteiger partial charge in [-0.05, 0) is 79.4 Å². The van der Waals surface area contributed by atoms with Gasteiger partial charge in [-0.3, -0.25) is 19.2 Å². The number of rotatable bonds is 19. The van der Waals surface area contributed by atoms with Gasteiger partial charge in [0.25, 0.3) is 0 Å². The third kappa shape index (κ3) is 10.1. The molecule has 4 aliphatic carbocycles. The fourth-order valence-electron chi connectivity index (χ4n) is 12.0. The summed E-state index contributed by atoms with van der Waals surface area (Å²) in [4.78, 5) is 77.0. The Morgan fingerprint density at radius 3 is 1.43 bits per heavy atom. The number of aliphatic hydroxyl groups excluding tert-OH is 1. The van der Waals surface area contributed by atoms with Gasteiger partial charge in [0.2, 0.25) is 0 Å². The summed E-state index contributed by atoms with van der Waals surface area (Å²) in [5.74, 6) is -9.69. The Hall–Kier alpha value is -3.82. The molecule has 4 aliphatic rings. The normalized spacial score (nSPS) is 33.5. The zero-order valence-corrected chi connectivity index (χ0v) is 36.6. The highest BCUT2D eigenvalue weighted by Gasteiger charge is 2.57. The monoisotopic (exact) mass is 848 g/mol. The Morgan fingerprint density at radius 2 is 1.03 bits per heavy atom. The van der Waals surface area contributed by atoms with Crippen LogP contribution >= 0.6 is 0 Å². The largest absolute Gasteiger partial charge is 0.481 e. The van der Waals surface area contributed by atoms with Crippen LogP contribution in [-0.4, -0.2) is 111 Å². The van der Waals surface area contributed by atoms with Crippen molar-refractivity contribution >= 4 is 35.8 Å². The van der Waals surface area contributed by atoms with Crippen molar-refractivity contribution in [2.45, 2.75) is 117 Å². The van der Waals surface area contributed by atoms with E-state index in [2.05, 4.69) is 33.9 Å². The van der Waals surface area contributed by atoms with Gasteiger partial charge in [0.05, 0.1) is 54.0 Å². The molecule has 0 radical (unpaired) electrons. The number of hydrogen-bond acceptors (Lipinski definition) is 13. The maximum absolute atomic E-state index is 14.1. The molecule has 2 unspecified atom stereocenters. The summed E-state index contributed by atoms with van der Waals surface area (Å²) in [6, 6.07) is 0. The fourth-order valence-corrected chi connectivity index (χ4v) is 12.0. The van der Waals surface area contributed by atoms with Crippen LogP contribution < -0.4 is 0 Å². The van der Waals surface area contributed by atoms with E-state index in [0.717, 1.165) is 77.4 Å². The number of aliphatic hydroxyl groups is 1. The minimum Gasteiger partial charge on any atom is -0.481 e. The molecule has 0 aromatic heterocycles. The van der Waals surface area contributed by atoms with E-state index in [1.165, 1.54) is 0 Å². The Morgan fingerprint density at radius 1 is 0.633 bits per heavy atom. The third-order valence-electron chi connectivity index (χ3n) is 15.3. The predicted molar refractivity (Wildman–Crippen MR) is 216 cm³/mol. The van der Waals surface area contributed by atoms with Crippen molar-refractivity contribution < 1.29 is 72.5 Å². The van der Waals surface area contributed by atoms with Gasteiger partial charge in [-0.25, -0.2) is 9.59 Å². The second-order valence-corrected chi connectivity index (χ2v) is 18.9. The molecule has 60 heavy (non-hydrogen) atoms. The molecule has 338 valence electrons. The van der Waals surface area contributed by atoms with Crippen LogP contribution in [0.5, 0.6) is 0 Å². The van der Waals surface area contributed by atoms with Crippen LogP contribution in [0.2, 0.25) is 0 Å². The van der Waals surface area contributed by atoms with Crippen molar-refractivity contribution in [2.75, 3.05) is 47.8 Å². The van der Waals surface area contributed by atoms with E-state index in [0.29, 0.717) is 19.3 Å². The Bertz CT molecular complexity index is 1640. The lowest BCUT2D eigenvalue weighted by Gasteiger charge is -2.58. The highest BCUT2D eigenvalue weighted by molar-refractivity contribution is 5.87. The molecule has 3 N–H and O–H groups in total. The van der Waals surface area contributed by atoms with Gasteiger partial charge in [0, 0.05) is 23.9 Å². The van der Waals surface area contributed by atoms with Crippen molar-refractivity contribution in [2.24, 2.45) is 57.2 Å². The average molecular weight is 849 g/mol. The fraction of sp³-hybridized carbons (Fsp3) is 0.778. The van der Waals surface area contributed by atoms with Gasteiger partial charge in [-0.2, -0.15) is 0 Å². The van der Waals surface area contributed by atoms with Gasteiger partial charge in [0.1, 0.15) is 11.8 Å². The molecule has 12 atom stereocenters. The predicted octanol–water partition coefficient (Wildman–Crippen LogP) is 5.55. The minimum absolute atomic E-state index is 0.00944. The first-order valence-corrected chi connectivity index (χ1v) is 21.2. The second-order valence-electron chi connectivity index (χ2n) is 18.9. The van der Waals surface area contributed by atoms with E-state index < -0.39 is 83.5 Å². The summed E-state index contributed by atoms with van der Waals surface area (Å²) in [6.45, 7) is 17.0. The number of aliphatic carboxylic acids is 2. The molecule has 0 aliphatic heterocycles. The Kier molecular flexibility index (Phi) is 16.2. The number of carboxylic acid groups (broad SMARTS) is 2. The van der Waals surface area contributed by atoms with Crippen LogP contribution in [0, 0.1) is 57.2 Å². The van der Waals surface area contributed by atoms with E-state index in [-0.39, 0.29) is 60.9 Å². The molecule has 0 spiro atoms. The summed E-state index contributed by atoms with van der Waals surface area (Å²) in [5, 5.41) is 29.9. The molecule has 15 heteroatoms. The van der Waals surface area contributed by atoms with Crippen molar-refractivity contribution in [3.8, 4) is 0 Å². The standard InChI is InChI=1S/C45H68O15/c1-26-12-14-32-42(3,24-46)16-10-18-44(32,5)30(26)22-59-37(41(54)57-9)29(21-35(49)50)39(52)60-25-43(4)17-11-19-45(6)31(27(2)13-15-33(43)45)23-58-36(40(53)56-8)28(20-34(47)48)38(51)55-7/h28-33,36-37,46H,1-2,10-25H2,3-9H3,(H,47,48)(H,49,50)/t28-,29-,30+,31+,32?,33?,36-,37-,42+,43+,44-,45-/m1/s1. The molecule has 0 amide bonds. The van der Waals surface area contributed by atoms with Gasteiger partial charge in [0.15, 0.2) is 12.2 Å². The molecule has 4 fully saturated rings. The first kappa shape index (κ1) is 48.8. The highest BCUT2D eigenvalue weighted by Crippen LogP contribution is 2.62. The highest BCUT2D eigenvalue weighted by atomic mass is 16.6. The van der Waals surface area contributed by atoms with Crippen molar-refractivity contribution in [1.29, 1.82) is 0 Å². The molecule has 4 rings (SSSR count). The lowest BCUT2D eigenvalue weighted by Crippen LogP contribution is -2.54. The zero-order chi connectivity index (χ0) is 44.8. The molecule has 15 nitrogen and oxygen atoms in total. The maximum atomic E-state index is 14.1.